The molecule has 14 nitrogen and oxygen atoms in total. The Morgan fingerprint density at radius 3 is 2.11 bits per heavy atom. The van der Waals surface area contributed by atoms with Crippen LogP contribution in [0.25, 0.3) is 22.3 Å². The Labute approximate surface area is 318 Å². The topological polar surface area (TPSA) is 175 Å². The van der Waals surface area contributed by atoms with Gasteiger partial charge in [0.1, 0.15) is 23.7 Å². The van der Waals surface area contributed by atoms with E-state index in [2.05, 4.69) is 44.0 Å². The van der Waals surface area contributed by atoms with Gasteiger partial charge in [0, 0.05) is 24.2 Å². The van der Waals surface area contributed by atoms with Crippen LogP contribution in [-0.4, -0.2) is 93.1 Å². The Kier molecular flexibility index (Phi) is 9.77. The minimum absolute atomic E-state index is 0.0895. The molecule has 14 heteroatoms. The van der Waals surface area contributed by atoms with Crippen LogP contribution < -0.4 is 10.6 Å². The highest BCUT2D eigenvalue weighted by molar-refractivity contribution is 5.88. The van der Waals surface area contributed by atoms with Gasteiger partial charge in [-0.15, -0.1) is 0 Å². The van der Waals surface area contributed by atoms with E-state index in [-0.39, 0.29) is 35.7 Å². The van der Waals surface area contributed by atoms with E-state index in [9.17, 15) is 19.2 Å². The van der Waals surface area contributed by atoms with Gasteiger partial charge in [0.25, 0.3) is 0 Å². The number of nitrogens with zero attached hydrogens (tertiary/aromatic N) is 4. The number of hydrogen-bond acceptors (Lipinski definition) is 8. The third kappa shape index (κ3) is 7.64. The molecule has 2 saturated heterocycles. The average molecular weight is 745 g/mol. The van der Waals surface area contributed by atoms with E-state index < -0.39 is 24.3 Å². The lowest BCUT2D eigenvalue weighted by molar-refractivity contribution is -0.135. The zero-order valence-electron chi connectivity index (χ0n) is 30.9. The lowest BCUT2D eigenvalue weighted by Gasteiger charge is -2.28. The summed E-state index contributed by atoms with van der Waals surface area (Å²) in [5.74, 6) is 7.91. The van der Waals surface area contributed by atoms with Gasteiger partial charge in [-0.3, -0.25) is 9.59 Å². The number of carbonyl (C=O) groups is 4. The van der Waals surface area contributed by atoms with Crippen molar-refractivity contribution in [3.05, 3.63) is 83.6 Å². The molecule has 8 rings (SSSR count). The predicted molar refractivity (Wildman–Crippen MR) is 202 cm³/mol. The van der Waals surface area contributed by atoms with Crippen molar-refractivity contribution in [1.82, 2.24) is 40.4 Å². The van der Waals surface area contributed by atoms with Crippen molar-refractivity contribution in [2.45, 2.75) is 69.1 Å². The molecule has 2 aliphatic carbocycles. The first-order chi connectivity index (χ1) is 26.7. The van der Waals surface area contributed by atoms with Crippen molar-refractivity contribution in [2.75, 3.05) is 27.3 Å². The van der Waals surface area contributed by atoms with Crippen LogP contribution in [0.2, 0.25) is 0 Å². The smallest absolute Gasteiger partial charge is 0.407 e. The van der Waals surface area contributed by atoms with Crippen molar-refractivity contribution < 1.29 is 28.7 Å². The highest BCUT2D eigenvalue weighted by atomic mass is 16.5. The molecule has 2 aromatic carbocycles. The molecular weight excluding hydrogens is 701 g/mol. The fraction of sp³-hybridized carbons (Fsp3) is 0.415. The van der Waals surface area contributed by atoms with Crippen molar-refractivity contribution in [3.8, 4) is 23.1 Å². The molecule has 2 saturated carbocycles. The molecule has 4 heterocycles. The second-order valence-electron chi connectivity index (χ2n) is 14.9. The van der Waals surface area contributed by atoms with Crippen molar-refractivity contribution in [2.24, 2.45) is 11.8 Å². The summed E-state index contributed by atoms with van der Waals surface area (Å²) in [6.45, 7) is 5.16. The second kappa shape index (κ2) is 15.0. The zero-order chi connectivity index (χ0) is 38.2. The molecule has 0 bridgehead atoms. The summed E-state index contributed by atoms with van der Waals surface area (Å²) in [7, 11) is 2.60. The summed E-state index contributed by atoms with van der Waals surface area (Å²) in [5.41, 5.74) is 5.97. The third-order valence-electron chi connectivity index (χ3n) is 11.0. The van der Waals surface area contributed by atoms with E-state index in [1.54, 1.807) is 11.1 Å². The SMILES string of the molecule is C=C1C[C@@H](c2ncc(-c3ccc(C#Cc4ccc5nc([C@@H]6CCCN6C(=O)[C@@H](NC(=O)OC)C6CC6)[nH]c5c4)cc3)[nH]2)N(C(=O)[C@@H](NC(=O)OC)C2CC2)C1. The number of hydrogen-bond donors (Lipinski definition) is 4. The minimum atomic E-state index is -0.633. The summed E-state index contributed by atoms with van der Waals surface area (Å²) in [6.07, 6.45) is 6.38. The molecule has 4 N–H and O–H groups in total. The van der Waals surface area contributed by atoms with Crippen LogP contribution in [0.1, 0.15) is 79.8 Å². The van der Waals surface area contributed by atoms with Crippen LogP contribution in [0, 0.1) is 23.7 Å². The van der Waals surface area contributed by atoms with Gasteiger partial charge in [0.05, 0.1) is 49.2 Å². The highest BCUT2D eigenvalue weighted by Gasteiger charge is 2.45. The maximum atomic E-state index is 13.6. The lowest BCUT2D eigenvalue weighted by atomic mass is 10.1. The number of benzene rings is 2. The number of methoxy groups -OCH3 is 2. The predicted octanol–water partition coefficient (Wildman–Crippen LogP) is 5.12. The molecule has 2 aliphatic heterocycles. The Morgan fingerprint density at radius 1 is 0.818 bits per heavy atom. The summed E-state index contributed by atoms with van der Waals surface area (Å²) in [5, 5.41) is 5.48. The van der Waals surface area contributed by atoms with Crippen LogP contribution in [0.5, 0.6) is 0 Å². The van der Waals surface area contributed by atoms with E-state index in [0.717, 1.165) is 83.3 Å². The van der Waals surface area contributed by atoms with E-state index in [0.29, 0.717) is 25.3 Å². The number of amides is 4. The Morgan fingerprint density at radius 2 is 1.45 bits per heavy atom. The molecular formula is C41H44N8O6. The molecule has 284 valence electrons. The van der Waals surface area contributed by atoms with Gasteiger partial charge in [0.2, 0.25) is 11.8 Å². The molecule has 4 fully saturated rings. The number of fused-ring (bicyclic) bond motifs is 1. The first-order valence-electron chi connectivity index (χ1n) is 18.8. The largest absolute Gasteiger partial charge is 0.453 e. The maximum absolute atomic E-state index is 13.6. The van der Waals surface area contributed by atoms with Crippen LogP contribution in [0.4, 0.5) is 9.59 Å². The highest BCUT2D eigenvalue weighted by Crippen LogP contribution is 2.40. The molecule has 4 atom stereocenters. The molecule has 0 radical (unpaired) electrons. The number of ether oxygens (including phenoxy) is 2. The number of imidazole rings is 2. The monoisotopic (exact) mass is 744 g/mol. The van der Waals surface area contributed by atoms with Gasteiger partial charge in [-0.1, -0.05) is 36.1 Å². The number of aromatic amines is 2. The van der Waals surface area contributed by atoms with E-state index in [4.69, 9.17) is 14.5 Å². The number of H-pyrrole nitrogens is 2. The van der Waals surface area contributed by atoms with Gasteiger partial charge in [-0.25, -0.2) is 19.6 Å². The molecule has 4 aliphatic rings. The van der Waals surface area contributed by atoms with Crippen molar-refractivity contribution in [3.63, 3.8) is 0 Å². The fourth-order valence-electron chi connectivity index (χ4n) is 7.74. The Balaban J connectivity index is 0.932. The maximum Gasteiger partial charge on any atom is 0.407 e. The zero-order valence-corrected chi connectivity index (χ0v) is 30.9. The fourth-order valence-corrected chi connectivity index (χ4v) is 7.74. The minimum Gasteiger partial charge on any atom is -0.453 e. The first kappa shape index (κ1) is 35.9. The number of alkyl carbamates (subject to hydrolysis) is 2. The number of likely N-dealkylation sites (tertiary alicyclic amines) is 2. The summed E-state index contributed by atoms with van der Waals surface area (Å²) >= 11 is 0. The normalized spacial score (nSPS) is 20.4. The van der Waals surface area contributed by atoms with Crippen LogP contribution in [0.15, 0.2) is 60.8 Å². The van der Waals surface area contributed by atoms with Crippen LogP contribution >= 0.6 is 0 Å². The van der Waals surface area contributed by atoms with Crippen molar-refractivity contribution >= 4 is 35.0 Å². The summed E-state index contributed by atoms with van der Waals surface area (Å²) in [4.78, 5) is 71.1. The molecule has 2 aromatic heterocycles. The average Bonchev–Trinajstić information content (AvgIpc) is 3.99. The van der Waals surface area contributed by atoms with Crippen LogP contribution in [0.3, 0.4) is 0 Å². The third-order valence-corrected chi connectivity index (χ3v) is 11.0. The summed E-state index contributed by atoms with van der Waals surface area (Å²) < 4.78 is 9.55. The molecule has 0 unspecified atom stereocenters. The Hall–Kier alpha value is -6.10. The van der Waals surface area contributed by atoms with Gasteiger partial charge in [-0.2, -0.15) is 0 Å². The quantitative estimate of drug-likeness (QED) is 0.135. The molecule has 4 aromatic rings. The van der Waals surface area contributed by atoms with Gasteiger partial charge >= 0.3 is 12.2 Å². The number of aromatic nitrogens is 4. The first-order valence-corrected chi connectivity index (χ1v) is 18.8. The Bertz CT molecular complexity index is 2210. The standard InChI is InChI=1S/C41H44N8O6/c1-23-19-33(49(22-23)39(51)35(28-15-16-28)47-41(53)55-3)36-42-21-31(45-36)26-11-8-24(9-12-26)6-7-25-10-17-29-30(20-25)44-37(43-29)32-5-4-18-48(32)38(50)34(27-13-14-27)46-40(52)54-2/h8-12,17,20-21,27-28,32-35H,1,4-5,13-16,18-19,22H2,2-3H3,(H,42,45)(H,43,44)(H,46,52)(H,47,53)/t32-,33-,34-,35-/m0/s1. The van der Waals surface area contributed by atoms with Gasteiger partial charge in [-0.05, 0) is 92.7 Å². The number of carbonyl (C=O) groups excluding carboxylic acids is 4. The van der Waals surface area contributed by atoms with Crippen molar-refractivity contribution in [1.29, 1.82) is 0 Å². The molecule has 55 heavy (non-hydrogen) atoms. The van der Waals surface area contributed by atoms with Gasteiger partial charge < -0.3 is 39.9 Å². The van der Waals surface area contributed by atoms with E-state index in [1.165, 1.54) is 14.2 Å². The lowest BCUT2D eigenvalue weighted by Crippen LogP contribution is -2.49. The summed E-state index contributed by atoms with van der Waals surface area (Å²) in [6, 6.07) is 12.0. The molecule has 0 spiro atoms. The van der Waals surface area contributed by atoms with Crippen LogP contribution in [-0.2, 0) is 19.1 Å². The number of nitrogens with one attached hydrogen (secondary N) is 4. The number of rotatable bonds is 9. The second-order valence-corrected chi connectivity index (χ2v) is 14.9. The molecule has 4 amide bonds. The van der Waals surface area contributed by atoms with E-state index in [1.807, 2.05) is 47.4 Å². The van der Waals surface area contributed by atoms with Gasteiger partial charge in [0.15, 0.2) is 0 Å². The van der Waals surface area contributed by atoms with E-state index >= 15 is 0 Å².